The van der Waals surface area contributed by atoms with Gasteiger partial charge >= 0.3 is 5.69 Å². The molecule has 0 fully saturated rings. The third-order valence-corrected chi connectivity index (χ3v) is 4.81. The minimum absolute atomic E-state index is 0.112. The third-order valence-electron chi connectivity index (χ3n) is 4.57. The summed E-state index contributed by atoms with van der Waals surface area (Å²) in [6.45, 7) is 2.49. The summed E-state index contributed by atoms with van der Waals surface area (Å²) < 4.78 is 4.72. The molecule has 8 nitrogen and oxygen atoms in total. The number of rotatable bonds is 6. The number of fused-ring (bicyclic) bond motifs is 1. The molecule has 0 bridgehead atoms. The quantitative estimate of drug-likeness (QED) is 0.529. The first kappa shape index (κ1) is 18.9. The fourth-order valence-corrected chi connectivity index (χ4v) is 3.51. The fourth-order valence-electron chi connectivity index (χ4n) is 3.34. The predicted molar refractivity (Wildman–Crippen MR) is 111 cm³/mol. The molecule has 2 heterocycles. The molecule has 29 heavy (non-hydrogen) atoms. The van der Waals surface area contributed by atoms with Gasteiger partial charge in [0.2, 0.25) is 5.91 Å². The van der Waals surface area contributed by atoms with E-state index in [1.807, 2.05) is 31.2 Å². The minimum Gasteiger partial charge on any atom is -0.323 e. The smallest absolute Gasteiger partial charge is 0.323 e. The van der Waals surface area contributed by atoms with Gasteiger partial charge < -0.3 is 5.32 Å². The Hall–Kier alpha value is -3.39. The van der Waals surface area contributed by atoms with E-state index >= 15 is 0 Å². The lowest BCUT2D eigenvalue weighted by Crippen LogP contribution is -2.29. The van der Waals surface area contributed by atoms with Crippen molar-refractivity contribution in [3.05, 3.63) is 70.6 Å². The van der Waals surface area contributed by atoms with E-state index in [0.717, 1.165) is 17.5 Å². The molecule has 4 aromatic rings. The highest BCUT2D eigenvalue weighted by Gasteiger charge is 2.16. The summed E-state index contributed by atoms with van der Waals surface area (Å²) in [5.41, 5.74) is 2.45. The van der Waals surface area contributed by atoms with E-state index < -0.39 is 0 Å². The Morgan fingerprint density at radius 3 is 2.59 bits per heavy atom. The molecule has 0 saturated carbocycles. The van der Waals surface area contributed by atoms with E-state index in [1.54, 1.807) is 22.8 Å². The maximum Gasteiger partial charge on any atom is 0.329 e. The summed E-state index contributed by atoms with van der Waals surface area (Å²) in [5, 5.41) is 7.41. The van der Waals surface area contributed by atoms with E-state index in [1.165, 1.54) is 21.9 Å². The lowest BCUT2D eigenvalue weighted by Gasteiger charge is -2.11. The van der Waals surface area contributed by atoms with Gasteiger partial charge in [0.25, 0.3) is 0 Å². The van der Waals surface area contributed by atoms with Crippen LogP contribution in [0.4, 0.5) is 5.69 Å². The normalized spacial score (nSPS) is 11.1. The van der Waals surface area contributed by atoms with Gasteiger partial charge in [-0.25, -0.2) is 14.5 Å². The van der Waals surface area contributed by atoms with Crippen molar-refractivity contribution >= 4 is 34.2 Å². The maximum atomic E-state index is 12.9. The van der Waals surface area contributed by atoms with Gasteiger partial charge in [-0.05, 0) is 36.8 Å². The van der Waals surface area contributed by atoms with Gasteiger partial charge in [0, 0.05) is 11.6 Å². The number of benzene rings is 2. The number of carbonyl (C=O) groups is 1. The molecule has 0 aliphatic heterocycles. The summed E-state index contributed by atoms with van der Waals surface area (Å²) in [5.74, 6) is -0.338. The average molecular weight is 411 g/mol. The van der Waals surface area contributed by atoms with Gasteiger partial charge in [-0.15, -0.1) is 0 Å². The first-order valence-electron chi connectivity index (χ1n) is 9.21. The van der Waals surface area contributed by atoms with Crippen molar-refractivity contribution in [3.63, 3.8) is 0 Å². The third kappa shape index (κ3) is 3.66. The molecule has 2 aromatic carbocycles. The van der Waals surface area contributed by atoms with Crippen LogP contribution in [-0.4, -0.2) is 29.8 Å². The molecule has 0 aliphatic carbocycles. The van der Waals surface area contributed by atoms with E-state index in [2.05, 4.69) is 15.4 Å². The van der Waals surface area contributed by atoms with Gasteiger partial charge in [-0.2, -0.15) is 5.10 Å². The second kappa shape index (κ2) is 7.92. The molecule has 0 radical (unpaired) electrons. The molecule has 0 aliphatic rings. The van der Waals surface area contributed by atoms with Crippen LogP contribution in [0.25, 0.3) is 16.7 Å². The monoisotopic (exact) mass is 410 g/mol. The number of halogens is 1. The Balaban J connectivity index is 1.66. The van der Waals surface area contributed by atoms with Crippen molar-refractivity contribution in [2.75, 3.05) is 5.32 Å². The fraction of sp³-hybridized carbons (Fsp3) is 0.200. The van der Waals surface area contributed by atoms with Crippen LogP contribution in [0.1, 0.15) is 13.3 Å². The standard InChI is InChI=1S/C20H19ClN6O2/c1-2-9-25-17-5-3-4-6-18(17)26(20(25)29)11-19(28)24-15-10-14(21)7-8-16(15)27-13-22-12-23-27/h3-8,10,12-13H,2,9,11H2,1H3,(H,24,28). The van der Waals surface area contributed by atoms with Crippen molar-refractivity contribution in [1.82, 2.24) is 23.9 Å². The van der Waals surface area contributed by atoms with Crippen LogP contribution in [0.15, 0.2) is 59.9 Å². The molecular weight excluding hydrogens is 392 g/mol. The summed E-state index contributed by atoms with van der Waals surface area (Å²) >= 11 is 6.11. The number of carbonyl (C=O) groups excluding carboxylic acids is 1. The van der Waals surface area contributed by atoms with Crippen LogP contribution in [0.5, 0.6) is 0 Å². The van der Waals surface area contributed by atoms with Crippen LogP contribution >= 0.6 is 11.6 Å². The van der Waals surface area contributed by atoms with E-state index in [0.29, 0.717) is 22.9 Å². The van der Waals surface area contributed by atoms with Gasteiger partial charge in [-0.3, -0.25) is 13.9 Å². The van der Waals surface area contributed by atoms with Crippen LogP contribution in [0.2, 0.25) is 5.02 Å². The van der Waals surface area contributed by atoms with Crippen LogP contribution in [0, 0.1) is 0 Å². The zero-order valence-corrected chi connectivity index (χ0v) is 16.5. The highest BCUT2D eigenvalue weighted by molar-refractivity contribution is 6.31. The van der Waals surface area contributed by atoms with E-state index in [-0.39, 0.29) is 18.1 Å². The molecule has 4 rings (SSSR count). The summed E-state index contributed by atoms with van der Waals surface area (Å²) in [6.07, 6.45) is 3.76. The molecule has 148 valence electrons. The topological polar surface area (TPSA) is 86.7 Å². The Kier molecular flexibility index (Phi) is 5.18. The van der Waals surface area contributed by atoms with Crippen molar-refractivity contribution in [3.8, 4) is 5.69 Å². The number of nitrogens with one attached hydrogen (secondary N) is 1. The first-order valence-corrected chi connectivity index (χ1v) is 9.58. The molecule has 9 heteroatoms. The van der Waals surface area contributed by atoms with E-state index in [4.69, 9.17) is 11.6 Å². The van der Waals surface area contributed by atoms with Crippen LogP contribution < -0.4 is 11.0 Å². The van der Waals surface area contributed by atoms with Gasteiger partial charge in [-0.1, -0.05) is 30.7 Å². The summed E-state index contributed by atoms with van der Waals surface area (Å²) in [4.78, 5) is 29.6. The lowest BCUT2D eigenvalue weighted by atomic mass is 10.2. The molecule has 0 spiro atoms. The highest BCUT2D eigenvalue weighted by atomic mass is 35.5. The summed E-state index contributed by atoms with van der Waals surface area (Å²) in [6, 6.07) is 12.6. The number of aryl methyl sites for hydroxylation is 1. The number of aromatic nitrogens is 5. The summed E-state index contributed by atoms with van der Waals surface area (Å²) in [7, 11) is 0. The number of hydrogen-bond acceptors (Lipinski definition) is 4. The number of anilines is 1. The molecular formula is C20H19ClN6O2. The molecule has 2 aromatic heterocycles. The minimum atomic E-state index is -0.338. The molecule has 0 unspecified atom stereocenters. The van der Waals surface area contributed by atoms with Crippen LogP contribution in [-0.2, 0) is 17.9 Å². The predicted octanol–water partition coefficient (Wildman–Crippen LogP) is 3.09. The number of nitrogens with zero attached hydrogens (tertiary/aromatic N) is 5. The molecule has 1 N–H and O–H groups in total. The number of amides is 1. The Bertz CT molecular complexity index is 1230. The molecule has 1 amide bonds. The zero-order valence-electron chi connectivity index (χ0n) is 15.7. The number of hydrogen-bond donors (Lipinski definition) is 1. The van der Waals surface area contributed by atoms with Gasteiger partial charge in [0.05, 0.1) is 22.4 Å². The lowest BCUT2D eigenvalue weighted by molar-refractivity contribution is -0.116. The SMILES string of the molecule is CCCn1c(=O)n(CC(=O)Nc2cc(Cl)ccc2-n2cncn2)c2ccccc21. The largest absolute Gasteiger partial charge is 0.329 e. The maximum absolute atomic E-state index is 12.9. The second-order valence-corrected chi connectivity index (χ2v) is 7.00. The van der Waals surface area contributed by atoms with Crippen molar-refractivity contribution in [2.24, 2.45) is 0 Å². The van der Waals surface area contributed by atoms with Crippen molar-refractivity contribution < 1.29 is 4.79 Å². The average Bonchev–Trinajstić information content (AvgIpc) is 3.32. The van der Waals surface area contributed by atoms with Gasteiger partial charge in [0.15, 0.2) is 0 Å². The Morgan fingerprint density at radius 1 is 1.14 bits per heavy atom. The number of imidazole rings is 1. The molecule has 0 saturated heterocycles. The van der Waals surface area contributed by atoms with Crippen molar-refractivity contribution in [1.29, 1.82) is 0 Å². The molecule has 0 atom stereocenters. The second-order valence-electron chi connectivity index (χ2n) is 6.56. The van der Waals surface area contributed by atoms with Gasteiger partial charge in [0.1, 0.15) is 19.2 Å². The van der Waals surface area contributed by atoms with E-state index in [9.17, 15) is 9.59 Å². The highest BCUT2D eigenvalue weighted by Crippen LogP contribution is 2.24. The Morgan fingerprint density at radius 2 is 1.90 bits per heavy atom. The first-order chi connectivity index (χ1) is 14.1. The van der Waals surface area contributed by atoms with Crippen LogP contribution in [0.3, 0.4) is 0 Å². The van der Waals surface area contributed by atoms with Crippen molar-refractivity contribution in [2.45, 2.75) is 26.4 Å². The Labute approximate surface area is 171 Å². The zero-order chi connectivity index (χ0) is 20.4. The number of para-hydroxylation sites is 2.